The van der Waals surface area contributed by atoms with Crippen LogP contribution in [0.3, 0.4) is 0 Å². The molecule has 0 aliphatic carbocycles. The molecule has 0 saturated heterocycles. The zero-order valence-electron chi connectivity index (χ0n) is 12.6. The van der Waals surface area contributed by atoms with Crippen molar-refractivity contribution in [2.75, 3.05) is 16.8 Å². The third-order valence-corrected chi connectivity index (χ3v) is 4.11. The number of hydrogen-bond donors (Lipinski definition) is 1. The van der Waals surface area contributed by atoms with Crippen LogP contribution in [0.25, 0.3) is 0 Å². The molecule has 0 saturated carbocycles. The fraction of sp³-hybridized carbons (Fsp3) is 0.278. The number of para-hydroxylation sites is 1. The second kappa shape index (κ2) is 6.18. The van der Waals surface area contributed by atoms with Gasteiger partial charge in [-0.1, -0.05) is 18.2 Å². The molecular formula is C18H19FN2O. The van der Waals surface area contributed by atoms with E-state index >= 15 is 0 Å². The lowest BCUT2D eigenvalue weighted by atomic mass is 9.96. The lowest BCUT2D eigenvalue weighted by Crippen LogP contribution is -2.42. The third-order valence-electron chi connectivity index (χ3n) is 4.11. The van der Waals surface area contributed by atoms with Crippen molar-refractivity contribution in [3.8, 4) is 0 Å². The van der Waals surface area contributed by atoms with Gasteiger partial charge in [-0.25, -0.2) is 4.39 Å². The Morgan fingerprint density at radius 1 is 1.23 bits per heavy atom. The van der Waals surface area contributed by atoms with Gasteiger partial charge in [-0.15, -0.1) is 0 Å². The first-order chi connectivity index (χ1) is 10.6. The molecule has 3 nitrogen and oxygen atoms in total. The molecule has 22 heavy (non-hydrogen) atoms. The van der Waals surface area contributed by atoms with Crippen LogP contribution in [0.1, 0.15) is 18.9 Å². The average molecular weight is 298 g/mol. The molecule has 114 valence electrons. The number of carbonyl (C=O) groups is 1. The molecule has 0 fully saturated rings. The summed E-state index contributed by atoms with van der Waals surface area (Å²) in [6.45, 7) is 2.44. The minimum atomic E-state index is -0.309. The normalized spacial score (nSPS) is 17.0. The Kier molecular flexibility index (Phi) is 4.09. The summed E-state index contributed by atoms with van der Waals surface area (Å²) in [5, 5.41) is 2.82. The van der Waals surface area contributed by atoms with Gasteiger partial charge in [0.15, 0.2) is 0 Å². The van der Waals surface area contributed by atoms with E-state index in [1.165, 1.54) is 17.7 Å². The van der Waals surface area contributed by atoms with E-state index in [2.05, 4.69) is 29.3 Å². The number of nitrogens with one attached hydrogen (secondary N) is 1. The molecular weight excluding hydrogens is 279 g/mol. The topological polar surface area (TPSA) is 32.3 Å². The predicted molar refractivity (Wildman–Crippen MR) is 86.6 cm³/mol. The van der Waals surface area contributed by atoms with E-state index in [1.54, 1.807) is 12.1 Å². The number of benzene rings is 2. The van der Waals surface area contributed by atoms with Crippen LogP contribution < -0.4 is 10.2 Å². The summed E-state index contributed by atoms with van der Waals surface area (Å²) in [7, 11) is 0. The molecule has 0 bridgehead atoms. The van der Waals surface area contributed by atoms with Crippen molar-refractivity contribution >= 4 is 17.3 Å². The molecule has 0 unspecified atom stereocenters. The molecule has 0 aromatic heterocycles. The van der Waals surface area contributed by atoms with Crippen molar-refractivity contribution in [2.24, 2.45) is 0 Å². The van der Waals surface area contributed by atoms with Gasteiger partial charge in [-0.3, -0.25) is 4.79 Å². The van der Waals surface area contributed by atoms with Crippen LogP contribution in [-0.4, -0.2) is 18.5 Å². The number of anilines is 2. The molecule has 3 rings (SSSR count). The Morgan fingerprint density at radius 3 is 2.73 bits per heavy atom. The van der Waals surface area contributed by atoms with Crippen LogP contribution in [0.15, 0.2) is 48.5 Å². The SMILES string of the molecule is C[C@H]1CCc2ccccc2N1CC(=O)Nc1ccc(F)cc1. The zero-order valence-corrected chi connectivity index (χ0v) is 12.6. The van der Waals surface area contributed by atoms with Gasteiger partial charge >= 0.3 is 0 Å². The van der Waals surface area contributed by atoms with Gasteiger partial charge in [0.25, 0.3) is 0 Å². The van der Waals surface area contributed by atoms with E-state index in [4.69, 9.17) is 0 Å². The molecule has 2 aromatic carbocycles. The molecule has 1 N–H and O–H groups in total. The molecule has 1 heterocycles. The fourth-order valence-electron chi connectivity index (χ4n) is 2.89. The summed E-state index contributed by atoms with van der Waals surface area (Å²) in [4.78, 5) is 14.4. The van der Waals surface area contributed by atoms with Gasteiger partial charge in [0.1, 0.15) is 5.82 Å². The van der Waals surface area contributed by atoms with E-state index in [-0.39, 0.29) is 11.7 Å². The Morgan fingerprint density at radius 2 is 1.95 bits per heavy atom. The average Bonchev–Trinajstić information content (AvgIpc) is 2.52. The highest BCUT2D eigenvalue weighted by molar-refractivity contribution is 5.94. The smallest absolute Gasteiger partial charge is 0.243 e. The predicted octanol–water partition coefficient (Wildman–Crippen LogP) is 3.61. The van der Waals surface area contributed by atoms with Crippen molar-refractivity contribution in [1.29, 1.82) is 0 Å². The van der Waals surface area contributed by atoms with Crippen LogP contribution in [0.2, 0.25) is 0 Å². The van der Waals surface area contributed by atoms with Crippen molar-refractivity contribution in [3.05, 3.63) is 59.9 Å². The second-order valence-electron chi connectivity index (χ2n) is 5.70. The molecule has 2 aromatic rings. The number of carbonyl (C=O) groups excluding carboxylic acids is 1. The maximum absolute atomic E-state index is 12.9. The standard InChI is InChI=1S/C18H19FN2O/c1-13-6-7-14-4-2-3-5-17(14)21(13)12-18(22)20-16-10-8-15(19)9-11-16/h2-5,8-11,13H,6-7,12H2,1H3,(H,20,22)/t13-/m0/s1. The number of fused-ring (bicyclic) bond motifs is 1. The third kappa shape index (κ3) is 3.11. The monoisotopic (exact) mass is 298 g/mol. The maximum atomic E-state index is 12.9. The summed E-state index contributed by atoms with van der Waals surface area (Å²) in [5.41, 5.74) is 3.04. The first-order valence-corrected chi connectivity index (χ1v) is 7.53. The van der Waals surface area contributed by atoms with Gasteiger partial charge in [0, 0.05) is 17.4 Å². The van der Waals surface area contributed by atoms with Crippen molar-refractivity contribution in [2.45, 2.75) is 25.8 Å². The molecule has 1 aliphatic rings. The number of halogens is 1. The molecule has 0 radical (unpaired) electrons. The van der Waals surface area contributed by atoms with Crippen molar-refractivity contribution < 1.29 is 9.18 Å². The highest BCUT2D eigenvalue weighted by Gasteiger charge is 2.24. The highest BCUT2D eigenvalue weighted by atomic mass is 19.1. The minimum Gasteiger partial charge on any atom is -0.359 e. The summed E-state index contributed by atoms with van der Waals surface area (Å²) in [6.07, 6.45) is 2.09. The largest absolute Gasteiger partial charge is 0.359 e. The summed E-state index contributed by atoms with van der Waals surface area (Å²) < 4.78 is 12.9. The summed E-state index contributed by atoms with van der Waals surface area (Å²) in [6, 6.07) is 14.4. The second-order valence-corrected chi connectivity index (χ2v) is 5.70. The lowest BCUT2D eigenvalue weighted by molar-refractivity contribution is -0.115. The number of aryl methyl sites for hydroxylation is 1. The van der Waals surface area contributed by atoms with Gasteiger partial charge in [0.2, 0.25) is 5.91 Å². The number of rotatable bonds is 3. The van der Waals surface area contributed by atoms with Crippen LogP contribution in [-0.2, 0) is 11.2 Å². The van der Waals surface area contributed by atoms with Crippen LogP contribution in [0.4, 0.5) is 15.8 Å². The quantitative estimate of drug-likeness (QED) is 0.939. The molecule has 0 spiro atoms. The first kappa shape index (κ1) is 14.6. The fourth-order valence-corrected chi connectivity index (χ4v) is 2.89. The van der Waals surface area contributed by atoms with Crippen LogP contribution in [0.5, 0.6) is 0 Å². The van der Waals surface area contributed by atoms with E-state index in [9.17, 15) is 9.18 Å². The Labute approximate surface area is 129 Å². The van der Waals surface area contributed by atoms with Gasteiger partial charge < -0.3 is 10.2 Å². The Balaban J connectivity index is 1.72. The lowest BCUT2D eigenvalue weighted by Gasteiger charge is -2.36. The Bertz CT molecular complexity index is 669. The molecule has 1 aliphatic heterocycles. The maximum Gasteiger partial charge on any atom is 0.243 e. The Hall–Kier alpha value is -2.36. The van der Waals surface area contributed by atoms with Crippen molar-refractivity contribution in [1.82, 2.24) is 0 Å². The van der Waals surface area contributed by atoms with E-state index < -0.39 is 0 Å². The number of amides is 1. The van der Waals surface area contributed by atoms with Gasteiger partial charge in [-0.05, 0) is 55.7 Å². The van der Waals surface area contributed by atoms with Gasteiger partial charge in [-0.2, -0.15) is 0 Å². The van der Waals surface area contributed by atoms with E-state index in [0.29, 0.717) is 18.3 Å². The number of nitrogens with zero attached hydrogens (tertiary/aromatic N) is 1. The van der Waals surface area contributed by atoms with E-state index in [1.807, 2.05) is 12.1 Å². The van der Waals surface area contributed by atoms with Crippen molar-refractivity contribution in [3.63, 3.8) is 0 Å². The summed E-state index contributed by atoms with van der Waals surface area (Å²) in [5.74, 6) is -0.397. The summed E-state index contributed by atoms with van der Waals surface area (Å²) >= 11 is 0. The highest BCUT2D eigenvalue weighted by Crippen LogP contribution is 2.30. The number of hydrogen-bond acceptors (Lipinski definition) is 2. The van der Waals surface area contributed by atoms with Crippen LogP contribution in [0, 0.1) is 5.82 Å². The molecule has 1 atom stereocenters. The first-order valence-electron chi connectivity index (χ1n) is 7.53. The van der Waals surface area contributed by atoms with E-state index in [0.717, 1.165) is 18.5 Å². The molecule has 1 amide bonds. The molecule has 4 heteroatoms. The van der Waals surface area contributed by atoms with Crippen LogP contribution >= 0.6 is 0 Å². The zero-order chi connectivity index (χ0) is 15.5. The minimum absolute atomic E-state index is 0.0878. The van der Waals surface area contributed by atoms with Gasteiger partial charge in [0.05, 0.1) is 6.54 Å².